The highest BCUT2D eigenvalue weighted by Gasteiger charge is 2.48. The first kappa shape index (κ1) is 25.3. The largest absolute Gasteiger partial charge is 0.480 e. The molecule has 1 saturated heterocycles. The molecule has 1 fully saturated rings. The fraction of sp³-hybridized carbons (Fsp3) is 0.259. The van der Waals surface area contributed by atoms with Gasteiger partial charge in [0.05, 0.1) is 11.3 Å². The number of hydrogen-bond donors (Lipinski definition) is 2. The second-order valence-corrected chi connectivity index (χ2v) is 13.1. The van der Waals surface area contributed by atoms with E-state index in [1.807, 2.05) is 30.3 Å². The molecule has 1 aliphatic rings. The van der Waals surface area contributed by atoms with Gasteiger partial charge in [-0.05, 0) is 49.7 Å². The summed E-state index contributed by atoms with van der Waals surface area (Å²) in [6.07, 6.45) is 0.239. The van der Waals surface area contributed by atoms with E-state index >= 15 is 0 Å². The molecule has 0 bridgehead atoms. The molecule has 10 heteroatoms. The summed E-state index contributed by atoms with van der Waals surface area (Å²) in [7, 11) is -4.08. The maximum absolute atomic E-state index is 13.6. The minimum atomic E-state index is -4.08. The lowest BCUT2D eigenvalue weighted by Crippen LogP contribution is -2.58. The molecule has 37 heavy (non-hydrogen) atoms. The molecule has 1 amide bonds. The van der Waals surface area contributed by atoms with Crippen molar-refractivity contribution in [2.24, 2.45) is 0 Å². The molecule has 4 aromatic rings. The second-order valence-electron chi connectivity index (χ2n) is 9.49. The van der Waals surface area contributed by atoms with Gasteiger partial charge in [0.15, 0.2) is 0 Å². The van der Waals surface area contributed by atoms with E-state index in [2.05, 4.69) is 5.32 Å². The fourth-order valence-electron chi connectivity index (χ4n) is 4.75. The van der Waals surface area contributed by atoms with Crippen LogP contribution < -0.4 is 5.32 Å². The zero-order valence-electron chi connectivity index (χ0n) is 20.3. The van der Waals surface area contributed by atoms with Crippen molar-refractivity contribution in [3.63, 3.8) is 0 Å². The summed E-state index contributed by atoms with van der Waals surface area (Å²) in [5.74, 6) is -0.825. The smallest absolute Gasteiger partial charge is 0.323 e. The third kappa shape index (κ3) is 4.84. The van der Waals surface area contributed by atoms with Crippen LogP contribution in [0.5, 0.6) is 0 Å². The molecule has 2 heterocycles. The Morgan fingerprint density at radius 3 is 2.54 bits per heavy atom. The summed E-state index contributed by atoms with van der Waals surface area (Å²) in [6.45, 7) is 3.62. The number of rotatable bonds is 6. The molecule has 0 radical (unpaired) electrons. The molecule has 1 unspecified atom stereocenters. The van der Waals surface area contributed by atoms with Crippen molar-refractivity contribution in [2.75, 3.05) is 17.6 Å². The van der Waals surface area contributed by atoms with Crippen molar-refractivity contribution in [2.45, 2.75) is 36.0 Å². The highest BCUT2D eigenvalue weighted by atomic mass is 32.2. The van der Waals surface area contributed by atoms with Gasteiger partial charge in [-0.15, -0.1) is 0 Å². The van der Waals surface area contributed by atoms with Gasteiger partial charge >= 0.3 is 5.97 Å². The first-order valence-corrected chi connectivity index (χ1v) is 14.2. The number of fused-ring (bicyclic) bond motifs is 3. The Morgan fingerprint density at radius 1 is 1.05 bits per heavy atom. The predicted octanol–water partition coefficient (Wildman–Crippen LogP) is 4.74. The molecule has 3 aromatic carbocycles. The van der Waals surface area contributed by atoms with E-state index in [-0.39, 0.29) is 23.8 Å². The lowest BCUT2D eigenvalue weighted by atomic mass is 10.0. The van der Waals surface area contributed by atoms with E-state index in [0.717, 1.165) is 9.87 Å². The number of amides is 1. The van der Waals surface area contributed by atoms with Crippen LogP contribution in [0.1, 0.15) is 19.4 Å². The van der Waals surface area contributed by atoms with Crippen LogP contribution in [0, 0.1) is 0 Å². The molecule has 1 aromatic heterocycles. The van der Waals surface area contributed by atoms with Crippen LogP contribution in [0.4, 0.5) is 5.69 Å². The van der Waals surface area contributed by atoms with Crippen LogP contribution in [0.25, 0.3) is 21.9 Å². The van der Waals surface area contributed by atoms with Crippen molar-refractivity contribution >= 4 is 61.3 Å². The Morgan fingerprint density at radius 2 is 1.81 bits per heavy atom. The van der Waals surface area contributed by atoms with Gasteiger partial charge in [0.25, 0.3) is 0 Å². The number of carbonyl (C=O) groups excluding carboxylic acids is 1. The lowest BCUT2D eigenvalue weighted by molar-refractivity contribution is -0.142. The summed E-state index contributed by atoms with van der Waals surface area (Å²) in [5, 5.41) is 14.0. The number of thioether (sulfide) groups is 1. The number of benzene rings is 3. The molecule has 0 aliphatic carbocycles. The number of carboxylic acids is 1. The zero-order valence-corrected chi connectivity index (χ0v) is 21.9. The van der Waals surface area contributed by atoms with Crippen LogP contribution >= 0.6 is 11.8 Å². The number of carboxylic acid groups (broad SMARTS) is 1. The van der Waals surface area contributed by atoms with Gasteiger partial charge in [-0.25, -0.2) is 8.42 Å². The maximum atomic E-state index is 13.6. The summed E-state index contributed by atoms with van der Waals surface area (Å²) in [4.78, 5) is 24.5. The van der Waals surface area contributed by atoms with E-state index in [0.29, 0.717) is 33.4 Å². The minimum absolute atomic E-state index is 0.0110. The van der Waals surface area contributed by atoms with E-state index in [1.54, 1.807) is 38.1 Å². The fourth-order valence-corrected chi connectivity index (χ4v) is 7.87. The summed E-state index contributed by atoms with van der Waals surface area (Å²) >= 11 is 1.45. The van der Waals surface area contributed by atoms with Crippen LogP contribution in [0.2, 0.25) is 0 Å². The van der Waals surface area contributed by atoms with Crippen LogP contribution in [0.3, 0.4) is 0 Å². The second kappa shape index (κ2) is 9.51. The Bertz CT molecular complexity index is 1610. The number of nitrogens with one attached hydrogen (secondary N) is 1. The predicted molar refractivity (Wildman–Crippen MR) is 144 cm³/mol. The number of aliphatic carboxylic acids is 1. The Hall–Kier alpha value is -3.34. The maximum Gasteiger partial charge on any atom is 0.323 e. The summed E-state index contributed by atoms with van der Waals surface area (Å²) in [5.41, 5.74) is 2.46. The molecule has 5 rings (SSSR count). The number of nitrogens with zero attached hydrogens (tertiary/aromatic N) is 1. The third-order valence-electron chi connectivity index (χ3n) is 6.51. The average Bonchev–Trinajstić information content (AvgIpc) is 3.20. The molecule has 8 nitrogen and oxygen atoms in total. The molecule has 2 N–H and O–H groups in total. The number of anilines is 1. The first-order chi connectivity index (χ1) is 17.6. The van der Waals surface area contributed by atoms with Crippen molar-refractivity contribution in [3.05, 3.63) is 72.3 Å². The number of furan rings is 1. The van der Waals surface area contributed by atoms with Gasteiger partial charge in [0.2, 0.25) is 15.9 Å². The topological polar surface area (TPSA) is 117 Å². The number of sulfonamides is 1. The molecular formula is C27H26N2O6S2. The molecule has 0 spiro atoms. The van der Waals surface area contributed by atoms with Gasteiger partial charge in [0.1, 0.15) is 17.2 Å². The highest BCUT2D eigenvalue weighted by Crippen LogP contribution is 2.39. The van der Waals surface area contributed by atoms with Crippen LogP contribution in [-0.2, 0) is 26.0 Å². The average molecular weight is 539 g/mol. The van der Waals surface area contributed by atoms with Crippen molar-refractivity contribution in [3.8, 4) is 0 Å². The third-order valence-corrected chi connectivity index (χ3v) is 9.72. The van der Waals surface area contributed by atoms with E-state index in [1.165, 1.54) is 23.9 Å². The number of hydrogen-bond acceptors (Lipinski definition) is 6. The van der Waals surface area contributed by atoms with Crippen LogP contribution in [-0.4, -0.2) is 52.8 Å². The highest BCUT2D eigenvalue weighted by molar-refractivity contribution is 8.00. The quantitative estimate of drug-likeness (QED) is 0.364. The zero-order chi connectivity index (χ0) is 26.4. The molecule has 1 atom stereocenters. The molecule has 0 saturated carbocycles. The molecular weight excluding hydrogens is 512 g/mol. The SMILES string of the molecule is CC1(C)SCCN(S(=O)(=O)c2ccc3oc4cc(NC(=O)Cc5ccccc5)ccc4c3c2)C1C(=O)O. The number of carbonyl (C=O) groups is 2. The Labute approximate surface area is 218 Å². The van der Waals surface area contributed by atoms with Gasteiger partial charge in [-0.3, -0.25) is 9.59 Å². The standard InChI is InChI=1S/C27H26N2O6S2/c1-27(2)25(26(31)32)29(12-13-36-27)37(33,34)19-9-11-22-21(16-19)20-10-8-18(15-23(20)35-22)28-24(30)14-17-6-4-3-5-7-17/h3-11,15-16,25H,12-14H2,1-2H3,(H,28,30)(H,31,32). The Balaban J connectivity index is 1.45. The van der Waals surface area contributed by atoms with Gasteiger partial charge < -0.3 is 14.8 Å². The van der Waals surface area contributed by atoms with E-state index in [9.17, 15) is 23.1 Å². The minimum Gasteiger partial charge on any atom is -0.480 e. The van der Waals surface area contributed by atoms with E-state index in [4.69, 9.17) is 4.42 Å². The van der Waals surface area contributed by atoms with Gasteiger partial charge in [-0.2, -0.15) is 16.1 Å². The monoisotopic (exact) mass is 538 g/mol. The molecule has 192 valence electrons. The van der Waals surface area contributed by atoms with Crippen molar-refractivity contribution < 1.29 is 27.5 Å². The van der Waals surface area contributed by atoms with Gasteiger partial charge in [0, 0.05) is 39.6 Å². The summed E-state index contributed by atoms with van der Waals surface area (Å²) < 4.78 is 33.4. The Kier molecular flexibility index (Phi) is 6.51. The normalized spacial score (nSPS) is 18.2. The first-order valence-electron chi connectivity index (χ1n) is 11.7. The van der Waals surface area contributed by atoms with Crippen LogP contribution in [0.15, 0.2) is 76.0 Å². The van der Waals surface area contributed by atoms with E-state index < -0.39 is 26.8 Å². The van der Waals surface area contributed by atoms with Crippen molar-refractivity contribution in [1.29, 1.82) is 0 Å². The molecule has 1 aliphatic heterocycles. The van der Waals surface area contributed by atoms with Gasteiger partial charge in [-0.1, -0.05) is 30.3 Å². The van der Waals surface area contributed by atoms with Crippen molar-refractivity contribution in [1.82, 2.24) is 4.31 Å². The summed E-state index contributed by atoms with van der Waals surface area (Å²) in [6, 6.07) is 18.0. The lowest BCUT2D eigenvalue weighted by Gasteiger charge is -2.42.